The summed E-state index contributed by atoms with van der Waals surface area (Å²) < 4.78 is 2.10. The van der Waals surface area contributed by atoms with Crippen molar-refractivity contribution < 1.29 is 9.59 Å². The zero-order chi connectivity index (χ0) is 18.0. The molecule has 1 aliphatic rings. The molecule has 132 valence electrons. The number of hydrogen-bond donors (Lipinski definition) is 1. The molecule has 1 amide bonds. The summed E-state index contributed by atoms with van der Waals surface area (Å²) in [6.45, 7) is 6.25. The van der Waals surface area contributed by atoms with Crippen molar-refractivity contribution in [3.63, 3.8) is 0 Å². The van der Waals surface area contributed by atoms with Crippen LogP contribution in [0, 0.1) is 0 Å². The van der Waals surface area contributed by atoms with Crippen molar-refractivity contribution in [2.24, 2.45) is 0 Å². The first-order valence-corrected chi connectivity index (χ1v) is 9.39. The van der Waals surface area contributed by atoms with Crippen LogP contribution in [0.25, 0.3) is 0 Å². The lowest BCUT2D eigenvalue weighted by Gasteiger charge is -2.13. The molecule has 0 saturated heterocycles. The average molecular weight is 358 g/mol. The molecule has 1 heterocycles. The summed E-state index contributed by atoms with van der Waals surface area (Å²) in [4.78, 5) is 23.7. The van der Waals surface area contributed by atoms with Crippen molar-refractivity contribution >= 4 is 29.1 Å². The third kappa shape index (κ3) is 4.10. The van der Waals surface area contributed by atoms with Crippen LogP contribution in [0.4, 0.5) is 5.69 Å². The van der Waals surface area contributed by atoms with Gasteiger partial charge in [0.1, 0.15) is 5.82 Å². The maximum atomic E-state index is 12.4. The molecule has 0 radical (unpaired) electrons. The predicted octanol–water partition coefficient (Wildman–Crippen LogP) is 3.50. The summed E-state index contributed by atoms with van der Waals surface area (Å²) >= 11 is 1.42. The molecule has 1 aromatic heterocycles. The molecule has 0 spiro atoms. The van der Waals surface area contributed by atoms with E-state index in [0.29, 0.717) is 17.2 Å². The van der Waals surface area contributed by atoms with Gasteiger partial charge in [-0.25, -0.2) is 0 Å². The second-order valence-corrected chi connectivity index (χ2v) is 7.55. The first-order chi connectivity index (χ1) is 12.0. The Morgan fingerprint density at radius 2 is 1.96 bits per heavy atom. The molecule has 1 N–H and O–H groups in total. The van der Waals surface area contributed by atoms with Gasteiger partial charge in [-0.3, -0.25) is 9.59 Å². The number of rotatable bonds is 7. The zero-order valence-corrected chi connectivity index (χ0v) is 15.5. The minimum atomic E-state index is -0.297. The van der Waals surface area contributed by atoms with Gasteiger partial charge >= 0.3 is 0 Å². The van der Waals surface area contributed by atoms with Crippen LogP contribution in [0.5, 0.6) is 0 Å². The minimum Gasteiger partial charge on any atom is -0.325 e. The van der Waals surface area contributed by atoms with Crippen molar-refractivity contribution in [3.8, 4) is 0 Å². The third-order valence-electron chi connectivity index (χ3n) is 4.21. The smallest absolute Gasteiger partial charge is 0.237 e. The van der Waals surface area contributed by atoms with Gasteiger partial charge in [-0.05, 0) is 57.9 Å². The maximum absolute atomic E-state index is 12.4. The van der Waals surface area contributed by atoms with Crippen LogP contribution in [-0.2, 0) is 11.3 Å². The highest BCUT2D eigenvalue weighted by Crippen LogP contribution is 2.40. The Hall–Kier alpha value is -2.15. The largest absolute Gasteiger partial charge is 0.325 e. The van der Waals surface area contributed by atoms with Crippen LogP contribution >= 0.6 is 11.8 Å². The monoisotopic (exact) mass is 358 g/mol. The molecule has 1 atom stereocenters. The zero-order valence-electron chi connectivity index (χ0n) is 14.7. The summed E-state index contributed by atoms with van der Waals surface area (Å²) in [5.74, 6) is 1.48. The van der Waals surface area contributed by atoms with Crippen LogP contribution in [0.3, 0.4) is 0 Å². The van der Waals surface area contributed by atoms with Gasteiger partial charge < -0.3 is 9.88 Å². The van der Waals surface area contributed by atoms with Crippen LogP contribution in [-0.4, -0.2) is 31.7 Å². The molecule has 0 aliphatic heterocycles. The van der Waals surface area contributed by atoms with Crippen LogP contribution in [0.2, 0.25) is 0 Å². The number of ketones is 1. The number of benzene rings is 1. The topological polar surface area (TPSA) is 76.9 Å². The van der Waals surface area contributed by atoms with Gasteiger partial charge in [0.2, 0.25) is 5.91 Å². The highest BCUT2D eigenvalue weighted by Gasteiger charge is 2.30. The number of hydrogen-bond acceptors (Lipinski definition) is 5. The van der Waals surface area contributed by atoms with E-state index >= 15 is 0 Å². The Balaban J connectivity index is 1.63. The second kappa shape index (κ2) is 7.39. The van der Waals surface area contributed by atoms with Gasteiger partial charge in [0.15, 0.2) is 10.9 Å². The number of nitrogens with zero attached hydrogens (tertiary/aromatic N) is 3. The Morgan fingerprint density at radius 1 is 1.28 bits per heavy atom. The molecule has 0 bridgehead atoms. The van der Waals surface area contributed by atoms with Gasteiger partial charge in [0.05, 0.1) is 5.25 Å². The molecule has 1 aromatic carbocycles. The highest BCUT2D eigenvalue weighted by atomic mass is 32.2. The molecule has 6 nitrogen and oxygen atoms in total. The summed E-state index contributed by atoms with van der Waals surface area (Å²) in [5, 5.41) is 11.9. The van der Waals surface area contributed by atoms with Crippen molar-refractivity contribution in [1.29, 1.82) is 0 Å². The lowest BCUT2D eigenvalue weighted by atomic mass is 10.1. The number of carbonyl (C=O) groups excluding carboxylic acids is 2. The predicted molar refractivity (Wildman–Crippen MR) is 98.1 cm³/mol. The van der Waals surface area contributed by atoms with Gasteiger partial charge in [-0.1, -0.05) is 11.8 Å². The number of thioether (sulfide) groups is 1. The Kier molecular flexibility index (Phi) is 5.22. The summed E-state index contributed by atoms with van der Waals surface area (Å²) in [6.07, 6.45) is 2.35. The van der Waals surface area contributed by atoms with Gasteiger partial charge in [0, 0.05) is 23.7 Å². The molecular formula is C18H22N4O2S. The number of aromatic nitrogens is 3. The Labute approximate surface area is 151 Å². The van der Waals surface area contributed by atoms with E-state index in [1.165, 1.54) is 31.5 Å². The molecule has 3 rings (SSSR count). The quantitative estimate of drug-likeness (QED) is 0.605. The average Bonchev–Trinajstić information content (AvgIpc) is 3.36. The number of carbonyl (C=O) groups is 2. The fraction of sp³-hybridized carbons (Fsp3) is 0.444. The van der Waals surface area contributed by atoms with Crippen LogP contribution in [0.15, 0.2) is 29.4 Å². The molecule has 1 unspecified atom stereocenters. The molecular weight excluding hydrogens is 336 g/mol. The number of amides is 1. The van der Waals surface area contributed by atoms with E-state index in [-0.39, 0.29) is 16.9 Å². The van der Waals surface area contributed by atoms with E-state index < -0.39 is 0 Å². The first-order valence-electron chi connectivity index (χ1n) is 8.51. The lowest BCUT2D eigenvalue weighted by molar-refractivity contribution is -0.115. The van der Waals surface area contributed by atoms with Gasteiger partial charge in [-0.2, -0.15) is 0 Å². The number of nitrogens with one attached hydrogen (secondary N) is 1. The maximum Gasteiger partial charge on any atom is 0.237 e. The van der Waals surface area contributed by atoms with Crippen molar-refractivity contribution in [2.45, 2.75) is 56.5 Å². The Morgan fingerprint density at radius 3 is 2.52 bits per heavy atom. The normalized spacial score (nSPS) is 15.0. The molecule has 7 heteroatoms. The highest BCUT2D eigenvalue weighted by molar-refractivity contribution is 8.00. The van der Waals surface area contributed by atoms with Gasteiger partial charge in [0.25, 0.3) is 0 Å². The van der Waals surface area contributed by atoms with E-state index in [4.69, 9.17) is 0 Å². The number of anilines is 1. The van der Waals surface area contributed by atoms with Crippen molar-refractivity contribution in [1.82, 2.24) is 14.8 Å². The van der Waals surface area contributed by atoms with E-state index in [2.05, 4.69) is 27.0 Å². The second-order valence-electron chi connectivity index (χ2n) is 6.24. The SMILES string of the molecule is CCn1c(SC(C)C(=O)Nc2ccc(C(C)=O)cc2)nnc1C1CC1. The van der Waals surface area contributed by atoms with Crippen LogP contribution in [0.1, 0.15) is 55.7 Å². The van der Waals surface area contributed by atoms with E-state index in [1.807, 2.05) is 6.92 Å². The fourth-order valence-electron chi connectivity index (χ4n) is 2.57. The first kappa shape index (κ1) is 17.7. The third-order valence-corrected chi connectivity index (χ3v) is 5.30. The lowest BCUT2D eigenvalue weighted by Crippen LogP contribution is -2.23. The molecule has 1 saturated carbocycles. The molecule has 2 aromatic rings. The molecule has 25 heavy (non-hydrogen) atoms. The fourth-order valence-corrected chi connectivity index (χ4v) is 3.49. The summed E-state index contributed by atoms with van der Waals surface area (Å²) in [5.41, 5.74) is 1.31. The minimum absolute atomic E-state index is 0.00664. The van der Waals surface area contributed by atoms with Crippen LogP contribution < -0.4 is 5.32 Å². The van der Waals surface area contributed by atoms with Gasteiger partial charge in [-0.15, -0.1) is 10.2 Å². The van der Waals surface area contributed by atoms with E-state index in [9.17, 15) is 9.59 Å². The van der Waals surface area contributed by atoms with E-state index in [0.717, 1.165) is 17.5 Å². The van der Waals surface area contributed by atoms with E-state index in [1.54, 1.807) is 24.3 Å². The van der Waals surface area contributed by atoms with Crippen molar-refractivity contribution in [3.05, 3.63) is 35.7 Å². The van der Waals surface area contributed by atoms with Crippen molar-refractivity contribution in [2.75, 3.05) is 5.32 Å². The number of Topliss-reactive ketones (excluding diaryl/α,β-unsaturated/α-hetero) is 1. The standard InChI is InChI=1S/C18H22N4O2S/c1-4-22-16(14-5-6-14)20-21-18(22)25-12(3)17(24)19-15-9-7-13(8-10-15)11(2)23/h7-10,12,14H,4-6H2,1-3H3,(H,19,24). The summed E-state index contributed by atoms with van der Waals surface area (Å²) in [7, 11) is 0. The summed E-state index contributed by atoms with van der Waals surface area (Å²) in [6, 6.07) is 6.91. The molecule has 1 aliphatic carbocycles. The Bertz CT molecular complexity index is 781. The molecule has 1 fully saturated rings.